The van der Waals surface area contributed by atoms with E-state index >= 15 is 0 Å². The number of rotatable bonds is 27. The van der Waals surface area contributed by atoms with E-state index in [1.165, 1.54) is 161 Å². The van der Waals surface area contributed by atoms with E-state index in [4.69, 9.17) is 0 Å². The number of nitrogens with zero attached hydrogens (tertiary/aromatic N) is 1. The van der Waals surface area contributed by atoms with E-state index < -0.39 is 5.97 Å². The summed E-state index contributed by atoms with van der Waals surface area (Å²) in [4.78, 5) is 11.4. The molecule has 0 saturated heterocycles. The summed E-state index contributed by atoms with van der Waals surface area (Å²) in [5, 5.41) is 11.8. The van der Waals surface area contributed by atoms with Gasteiger partial charge in [0.05, 0.1) is 40.4 Å². The first-order chi connectivity index (χ1) is 20.7. The van der Waals surface area contributed by atoms with E-state index in [2.05, 4.69) is 39.7 Å². The normalized spacial score (nSPS) is 11.3. The van der Waals surface area contributed by atoms with Crippen molar-refractivity contribution in [3.05, 3.63) is 29.3 Å². The Morgan fingerprint density at radius 2 is 0.977 bits per heavy atom. The predicted molar refractivity (Wildman–Crippen MR) is 186 cm³/mol. The summed E-state index contributed by atoms with van der Waals surface area (Å²) in [6.45, 7) is 5.87. The summed E-state index contributed by atoms with van der Waals surface area (Å²) in [5.74, 6) is -0.790. The van der Waals surface area contributed by atoms with Crippen molar-refractivity contribution in [3.63, 3.8) is 0 Å². The fourth-order valence-electron chi connectivity index (χ4n) is 5.60. The first kappa shape index (κ1) is 41.4. The molecule has 0 radical (unpaired) electrons. The number of unbranched alkanes of at least 4 members (excludes halogenated alkanes) is 22. The van der Waals surface area contributed by atoms with Crippen LogP contribution in [-0.4, -0.2) is 45.2 Å². The highest BCUT2D eigenvalue weighted by molar-refractivity contribution is 5.92. The summed E-state index contributed by atoms with van der Waals surface area (Å²) in [6, 6.07) is 5.02. The van der Waals surface area contributed by atoms with Crippen molar-refractivity contribution in [3.8, 4) is 5.75 Å². The van der Waals surface area contributed by atoms with Crippen LogP contribution in [0, 0.1) is 0 Å². The zero-order valence-corrected chi connectivity index (χ0v) is 29.8. The first-order valence-corrected chi connectivity index (χ1v) is 18.4. The van der Waals surface area contributed by atoms with Gasteiger partial charge in [-0.2, -0.15) is 0 Å². The standard InChI is InChI=1S/C20H32O3.C19H42N/c1-3-4-5-6-7-8-9-10-11-12-13-17-14-15-18(19(21)16-17)20(22)23-2;1-5-6-7-8-9-10-11-12-13-14-15-16-17-18-19-20(2,3)4/h14-16,21H,3-13H2,1-2H3;5-19H2,1-4H3/q;+1/p-1. The second-order valence-electron chi connectivity index (χ2n) is 13.9. The Morgan fingerprint density at radius 1 is 0.605 bits per heavy atom. The van der Waals surface area contributed by atoms with Crippen molar-refractivity contribution < 1.29 is 19.1 Å². The first-order valence-electron chi connectivity index (χ1n) is 18.4. The molecule has 0 aliphatic rings. The number of benzene rings is 1. The van der Waals surface area contributed by atoms with Gasteiger partial charge in [-0.1, -0.05) is 167 Å². The van der Waals surface area contributed by atoms with E-state index in [0.717, 1.165) is 22.9 Å². The Bertz CT molecular complexity index is 755. The van der Waals surface area contributed by atoms with Crippen molar-refractivity contribution in [1.82, 2.24) is 0 Å². The average molecular weight is 604 g/mol. The van der Waals surface area contributed by atoms with Gasteiger partial charge in [0.1, 0.15) is 0 Å². The molecule has 0 spiro atoms. The van der Waals surface area contributed by atoms with Crippen molar-refractivity contribution in [1.29, 1.82) is 0 Å². The van der Waals surface area contributed by atoms with Crippen LogP contribution in [0.3, 0.4) is 0 Å². The number of aryl methyl sites for hydroxylation is 1. The number of methoxy groups -OCH3 is 1. The number of hydrogen-bond acceptors (Lipinski definition) is 3. The van der Waals surface area contributed by atoms with E-state index in [1.54, 1.807) is 12.1 Å². The molecule has 1 aromatic carbocycles. The fourth-order valence-corrected chi connectivity index (χ4v) is 5.60. The lowest BCUT2D eigenvalue weighted by molar-refractivity contribution is -0.870. The Balaban J connectivity index is 0.000000830. The van der Waals surface area contributed by atoms with Crippen LogP contribution in [0.1, 0.15) is 184 Å². The quantitative estimate of drug-likeness (QED) is 0.0571. The lowest BCUT2D eigenvalue weighted by Gasteiger charge is -2.23. The van der Waals surface area contributed by atoms with Gasteiger partial charge < -0.3 is 14.3 Å². The van der Waals surface area contributed by atoms with Crippen LogP contribution in [0.2, 0.25) is 0 Å². The molecule has 0 saturated carbocycles. The molecule has 4 heteroatoms. The second kappa shape index (κ2) is 29.2. The molecule has 0 aliphatic carbocycles. The zero-order valence-electron chi connectivity index (χ0n) is 29.8. The molecule has 1 rings (SSSR count). The van der Waals surface area contributed by atoms with Crippen molar-refractivity contribution >= 4 is 5.97 Å². The number of esters is 1. The second-order valence-corrected chi connectivity index (χ2v) is 13.9. The number of ether oxygens (including phenoxy) is 1. The van der Waals surface area contributed by atoms with Gasteiger partial charge in [0.15, 0.2) is 0 Å². The topological polar surface area (TPSA) is 49.4 Å². The van der Waals surface area contributed by atoms with E-state index in [1.807, 2.05) is 6.07 Å². The molecule has 43 heavy (non-hydrogen) atoms. The maximum atomic E-state index is 11.8. The molecular formula is C39H73NO3. The van der Waals surface area contributed by atoms with Gasteiger partial charge in [-0.15, -0.1) is 0 Å². The predicted octanol–water partition coefficient (Wildman–Crippen LogP) is 11.2. The maximum Gasteiger partial charge on any atom is 0.337 e. The Hall–Kier alpha value is -1.55. The van der Waals surface area contributed by atoms with Gasteiger partial charge in [0, 0.05) is 0 Å². The van der Waals surface area contributed by atoms with Crippen LogP contribution >= 0.6 is 0 Å². The molecule has 0 aliphatic heterocycles. The minimum atomic E-state index is -0.555. The Labute approximate surface area is 269 Å². The largest absolute Gasteiger partial charge is 0.872 e. The Morgan fingerprint density at radius 3 is 1.33 bits per heavy atom. The van der Waals surface area contributed by atoms with Crippen LogP contribution < -0.4 is 5.11 Å². The molecule has 0 aromatic heterocycles. The molecule has 0 heterocycles. The number of carbonyl (C=O) groups excluding carboxylic acids is 1. The molecular weight excluding hydrogens is 530 g/mol. The highest BCUT2D eigenvalue weighted by atomic mass is 16.5. The monoisotopic (exact) mass is 604 g/mol. The van der Waals surface area contributed by atoms with Gasteiger partial charge >= 0.3 is 5.97 Å². The zero-order chi connectivity index (χ0) is 32.0. The minimum Gasteiger partial charge on any atom is -0.872 e. The van der Waals surface area contributed by atoms with Gasteiger partial charge in [0.25, 0.3) is 0 Å². The van der Waals surface area contributed by atoms with Gasteiger partial charge in [-0.05, 0) is 37.3 Å². The van der Waals surface area contributed by atoms with Crippen molar-refractivity contribution in [2.24, 2.45) is 0 Å². The average Bonchev–Trinajstić information content (AvgIpc) is 2.98. The number of hydrogen-bond donors (Lipinski definition) is 0. The highest BCUT2D eigenvalue weighted by Crippen LogP contribution is 2.19. The van der Waals surface area contributed by atoms with Gasteiger partial charge in [-0.25, -0.2) is 4.79 Å². The molecule has 1 aromatic rings. The molecule has 0 bridgehead atoms. The fraction of sp³-hybridized carbons (Fsp3) is 0.821. The number of carbonyl (C=O) groups is 1. The molecule has 4 nitrogen and oxygen atoms in total. The molecule has 0 N–H and O–H groups in total. The smallest absolute Gasteiger partial charge is 0.337 e. The molecule has 0 unspecified atom stereocenters. The third-order valence-electron chi connectivity index (χ3n) is 8.45. The van der Waals surface area contributed by atoms with Crippen LogP contribution in [-0.2, 0) is 11.2 Å². The van der Waals surface area contributed by atoms with Crippen molar-refractivity contribution in [2.75, 3.05) is 34.8 Å². The van der Waals surface area contributed by atoms with E-state index in [9.17, 15) is 9.90 Å². The van der Waals surface area contributed by atoms with Crippen LogP contribution in [0.5, 0.6) is 5.75 Å². The van der Waals surface area contributed by atoms with Gasteiger partial charge in [-0.3, -0.25) is 0 Å². The molecule has 0 atom stereocenters. The summed E-state index contributed by atoms with van der Waals surface area (Å²) in [7, 11) is 8.17. The SMILES string of the molecule is CCCCCCCCCCCCCCCC[N+](C)(C)C.CCCCCCCCCCCCc1ccc(C(=O)OC)c([O-])c1. The molecule has 0 fully saturated rings. The lowest BCUT2D eigenvalue weighted by Crippen LogP contribution is -2.35. The van der Waals surface area contributed by atoms with Crippen molar-refractivity contribution in [2.45, 2.75) is 174 Å². The maximum absolute atomic E-state index is 11.8. The third-order valence-corrected chi connectivity index (χ3v) is 8.45. The minimum absolute atomic E-state index is 0.124. The Kier molecular flexibility index (Phi) is 28.1. The van der Waals surface area contributed by atoms with E-state index in [-0.39, 0.29) is 11.3 Å². The lowest BCUT2D eigenvalue weighted by atomic mass is 10.0. The number of quaternary nitrogens is 1. The van der Waals surface area contributed by atoms with Crippen LogP contribution in [0.4, 0.5) is 0 Å². The summed E-state index contributed by atoms with van der Waals surface area (Å²) < 4.78 is 5.71. The highest BCUT2D eigenvalue weighted by Gasteiger charge is 2.07. The van der Waals surface area contributed by atoms with Gasteiger partial charge in [0.2, 0.25) is 0 Å². The molecule has 252 valence electrons. The molecule has 0 amide bonds. The van der Waals surface area contributed by atoms with Crippen LogP contribution in [0.15, 0.2) is 18.2 Å². The summed E-state index contributed by atoms with van der Waals surface area (Å²) >= 11 is 0. The summed E-state index contributed by atoms with van der Waals surface area (Å²) in [5.41, 5.74) is 1.14. The third kappa shape index (κ3) is 27.7. The summed E-state index contributed by atoms with van der Waals surface area (Å²) in [6.07, 6.45) is 34.4. The van der Waals surface area contributed by atoms with Crippen LogP contribution in [0.25, 0.3) is 0 Å². The van der Waals surface area contributed by atoms with E-state index in [0.29, 0.717) is 0 Å².